The number of alkyl halides is 3. The van der Waals surface area contributed by atoms with Gasteiger partial charge in [0.15, 0.2) is 11.6 Å². The van der Waals surface area contributed by atoms with Gasteiger partial charge in [0.2, 0.25) is 5.75 Å². The van der Waals surface area contributed by atoms with Crippen LogP contribution in [0.5, 0.6) is 5.75 Å². The van der Waals surface area contributed by atoms with E-state index in [1.807, 2.05) is 0 Å². The summed E-state index contributed by atoms with van der Waals surface area (Å²) in [7, 11) is 2.84. The zero-order valence-electron chi connectivity index (χ0n) is 15.1. The number of hydrogen-bond acceptors (Lipinski definition) is 3. The van der Waals surface area contributed by atoms with Crippen molar-refractivity contribution in [2.24, 2.45) is 0 Å². The number of halogens is 6. The highest BCUT2D eigenvalue weighted by Crippen LogP contribution is 2.42. The van der Waals surface area contributed by atoms with Gasteiger partial charge in [-0.3, -0.25) is 9.63 Å². The molecule has 0 aliphatic heterocycles. The van der Waals surface area contributed by atoms with Gasteiger partial charge in [-0.05, 0) is 17.5 Å². The van der Waals surface area contributed by atoms with E-state index >= 15 is 4.39 Å². The van der Waals surface area contributed by atoms with Crippen molar-refractivity contribution in [2.45, 2.75) is 13.1 Å². The maximum absolute atomic E-state index is 15.2. The van der Waals surface area contributed by atoms with Gasteiger partial charge in [-0.2, -0.15) is 13.2 Å². The maximum atomic E-state index is 15.2. The lowest BCUT2D eigenvalue weighted by atomic mass is 9.97. The molecule has 0 aliphatic carbocycles. The van der Waals surface area contributed by atoms with Crippen LogP contribution >= 0.6 is 23.4 Å². The Labute approximate surface area is 169 Å². The molecule has 2 rings (SSSR count). The molecule has 0 unspecified atom stereocenters. The topological polar surface area (TPSA) is 29.5 Å². The van der Waals surface area contributed by atoms with E-state index in [-0.39, 0.29) is 12.1 Å². The molecule has 28 heavy (non-hydrogen) atoms. The second kappa shape index (κ2) is 8.24. The van der Waals surface area contributed by atoms with Crippen molar-refractivity contribution in [3.05, 3.63) is 63.9 Å². The summed E-state index contributed by atoms with van der Waals surface area (Å²) in [4.78, 5) is 18.1. The number of hydrogen-bond donors (Lipinski definition) is 0. The fourth-order valence-electron chi connectivity index (χ4n) is 2.47. The van der Waals surface area contributed by atoms with Crippen molar-refractivity contribution in [3.8, 4) is 5.75 Å². The molecule has 0 saturated carbocycles. The lowest BCUT2D eigenvalue weighted by Crippen LogP contribution is -2.52. The lowest BCUT2D eigenvalue weighted by molar-refractivity contribution is -1.13. The quantitative estimate of drug-likeness (QED) is 0.196. The second-order valence-electron chi connectivity index (χ2n) is 6.16. The number of carbonyl (C=O) groups is 1. The van der Waals surface area contributed by atoms with Gasteiger partial charge in [-0.25, -0.2) is 4.39 Å². The van der Waals surface area contributed by atoms with Gasteiger partial charge in [0, 0.05) is 17.3 Å². The number of hydroxylamine groups is 2. The van der Waals surface area contributed by atoms with Crippen LogP contribution in [-0.4, -0.2) is 35.7 Å². The Hall–Kier alpha value is -1.87. The smallest absolute Gasteiger partial charge is 0.289 e. The molecule has 0 aliphatic rings. The summed E-state index contributed by atoms with van der Waals surface area (Å²) in [6, 6.07) is 7.54. The normalized spacial score (nSPS) is 12.4. The third-order valence-electron chi connectivity index (χ3n) is 3.84. The van der Waals surface area contributed by atoms with Crippen molar-refractivity contribution in [2.75, 3.05) is 20.6 Å². The molecule has 0 fully saturated rings. The van der Waals surface area contributed by atoms with Gasteiger partial charge in [0.05, 0.1) is 22.7 Å². The Kier molecular flexibility index (Phi) is 6.60. The van der Waals surface area contributed by atoms with Crippen molar-refractivity contribution >= 4 is 29.2 Å². The predicted octanol–water partition coefficient (Wildman–Crippen LogP) is 5.49. The van der Waals surface area contributed by atoms with Gasteiger partial charge in [0.25, 0.3) is 0 Å². The molecule has 0 atom stereocenters. The van der Waals surface area contributed by atoms with E-state index in [9.17, 15) is 18.0 Å². The van der Waals surface area contributed by atoms with Crippen LogP contribution in [0.15, 0.2) is 36.4 Å². The SMILES string of the molecule is CCN(Cl)[N+](C)(C)Oc1c(Cl)cc(C(F)(F)F)c(C(=O)c2ccccc2)c1F. The molecule has 0 heterocycles. The Morgan fingerprint density at radius 3 is 2.29 bits per heavy atom. The summed E-state index contributed by atoms with van der Waals surface area (Å²) < 4.78 is 56.1. The molecule has 0 amide bonds. The van der Waals surface area contributed by atoms with Crippen LogP contribution in [0.3, 0.4) is 0 Å². The van der Waals surface area contributed by atoms with Crippen LogP contribution in [-0.2, 0) is 6.18 Å². The lowest BCUT2D eigenvalue weighted by Gasteiger charge is -2.31. The van der Waals surface area contributed by atoms with E-state index in [0.717, 1.165) is 4.53 Å². The van der Waals surface area contributed by atoms with Gasteiger partial charge in [-0.1, -0.05) is 46.7 Å². The molecule has 10 heteroatoms. The molecular weight excluding hydrogens is 423 g/mol. The zero-order chi connectivity index (χ0) is 21.3. The van der Waals surface area contributed by atoms with Crippen molar-refractivity contribution in [1.29, 1.82) is 0 Å². The molecule has 0 bridgehead atoms. The first kappa shape index (κ1) is 22.4. The Morgan fingerprint density at radius 2 is 1.79 bits per heavy atom. The Morgan fingerprint density at radius 1 is 1.21 bits per heavy atom. The van der Waals surface area contributed by atoms with E-state index in [1.165, 1.54) is 38.4 Å². The average Bonchev–Trinajstić information content (AvgIpc) is 2.63. The standard InChI is InChI=1S/C18H17Cl2F4N2O2/c1-4-25(20)26(2,3)28-17-13(19)10-12(18(22,23)24)14(15(17)21)16(27)11-8-6-5-7-9-11/h5-10H,4H2,1-3H3/q+1. The molecule has 0 aromatic heterocycles. The maximum Gasteiger partial charge on any atom is 0.417 e. The van der Waals surface area contributed by atoms with Gasteiger partial charge in [-0.15, -0.1) is 0 Å². The summed E-state index contributed by atoms with van der Waals surface area (Å²) in [5.74, 6) is -3.37. The van der Waals surface area contributed by atoms with E-state index in [4.69, 9.17) is 28.2 Å². The number of rotatable bonds is 6. The first-order valence-corrected chi connectivity index (χ1v) is 8.78. The monoisotopic (exact) mass is 439 g/mol. The van der Waals surface area contributed by atoms with E-state index in [2.05, 4.69) is 0 Å². The largest absolute Gasteiger partial charge is 0.417 e. The van der Waals surface area contributed by atoms with E-state index in [1.54, 1.807) is 13.0 Å². The zero-order valence-corrected chi connectivity index (χ0v) is 16.7. The van der Waals surface area contributed by atoms with E-state index < -0.39 is 44.4 Å². The van der Waals surface area contributed by atoms with Crippen LogP contribution in [0.25, 0.3) is 0 Å². The Bertz CT molecular complexity index is 874. The van der Waals surface area contributed by atoms with Gasteiger partial charge in [0.1, 0.15) is 14.1 Å². The summed E-state index contributed by atoms with van der Waals surface area (Å²) in [5.41, 5.74) is -2.77. The first-order valence-electron chi connectivity index (χ1n) is 8.06. The highest BCUT2D eigenvalue weighted by Gasteiger charge is 2.41. The minimum absolute atomic E-state index is 0.110. The second-order valence-corrected chi connectivity index (χ2v) is 6.95. The van der Waals surface area contributed by atoms with Crippen LogP contribution in [0.1, 0.15) is 28.4 Å². The van der Waals surface area contributed by atoms with Gasteiger partial charge >= 0.3 is 6.18 Å². The Balaban J connectivity index is 2.70. The van der Waals surface area contributed by atoms with Crippen LogP contribution < -0.4 is 4.84 Å². The summed E-state index contributed by atoms with van der Waals surface area (Å²) in [6.45, 7) is 1.95. The molecule has 2 aromatic carbocycles. The number of ketones is 1. The number of quaternary nitrogens is 1. The number of benzene rings is 2. The van der Waals surface area contributed by atoms with Crippen LogP contribution in [0.4, 0.5) is 17.6 Å². The highest BCUT2D eigenvalue weighted by atomic mass is 35.5. The fourth-order valence-corrected chi connectivity index (χ4v) is 2.73. The molecule has 4 nitrogen and oxygen atoms in total. The summed E-state index contributed by atoms with van der Waals surface area (Å²) in [5, 5.41) is -0.637. The summed E-state index contributed by atoms with van der Waals surface area (Å²) in [6.07, 6.45) is -5.00. The third kappa shape index (κ3) is 4.57. The van der Waals surface area contributed by atoms with Crippen molar-refractivity contribution in [1.82, 2.24) is 4.53 Å². The molecule has 0 saturated heterocycles. The molecule has 0 spiro atoms. The third-order valence-corrected chi connectivity index (χ3v) is 4.73. The molecule has 2 aromatic rings. The fraction of sp³-hybridized carbons (Fsp3) is 0.278. The molecule has 0 N–H and O–H groups in total. The van der Waals surface area contributed by atoms with Crippen LogP contribution in [0.2, 0.25) is 5.02 Å². The molecule has 152 valence electrons. The van der Waals surface area contributed by atoms with Crippen LogP contribution in [0, 0.1) is 5.82 Å². The highest BCUT2D eigenvalue weighted by molar-refractivity contribution is 6.32. The van der Waals surface area contributed by atoms with E-state index in [0.29, 0.717) is 6.07 Å². The molecular formula is C18H17Cl2F4N2O2+. The van der Waals surface area contributed by atoms with Crippen molar-refractivity contribution in [3.63, 3.8) is 0 Å². The molecule has 0 radical (unpaired) electrons. The predicted molar refractivity (Wildman–Crippen MR) is 97.3 cm³/mol. The van der Waals surface area contributed by atoms with Crippen molar-refractivity contribution < 1.29 is 31.9 Å². The number of nitrogens with zero attached hydrogens (tertiary/aromatic N) is 2. The van der Waals surface area contributed by atoms with Gasteiger partial charge < -0.3 is 0 Å². The minimum atomic E-state index is -5.00. The minimum Gasteiger partial charge on any atom is -0.289 e. The average molecular weight is 440 g/mol. The summed E-state index contributed by atoms with van der Waals surface area (Å²) >= 11 is 11.9. The first-order chi connectivity index (χ1) is 12.9. The number of carbonyl (C=O) groups excluding carboxylic acids is 1.